The molecule has 2 aliphatic heterocycles. The molecule has 0 N–H and O–H groups in total. The summed E-state index contributed by atoms with van der Waals surface area (Å²) in [7, 11) is 3.20. The van der Waals surface area contributed by atoms with Crippen LogP contribution in [0.5, 0.6) is 11.5 Å². The number of methoxy groups -OCH3 is 2. The fraction of sp³-hybridized carbons (Fsp3) is 0.368. The van der Waals surface area contributed by atoms with Crippen molar-refractivity contribution in [3.63, 3.8) is 0 Å². The van der Waals surface area contributed by atoms with E-state index in [4.69, 9.17) is 15.9 Å². The molecule has 0 aliphatic carbocycles. The number of imide groups is 1. The number of ether oxygens (including phenoxy) is 2. The second-order valence-electron chi connectivity index (χ2n) is 5.93. The number of rotatable bonds is 5. The summed E-state index contributed by atoms with van der Waals surface area (Å²) < 4.78 is 11.1. The van der Waals surface area contributed by atoms with E-state index in [1.165, 1.54) is 0 Å². The van der Waals surface area contributed by atoms with E-state index in [-0.39, 0.29) is 17.7 Å². The number of amides is 2. The van der Waals surface area contributed by atoms with E-state index in [1.54, 1.807) is 20.3 Å². The van der Waals surface area contributed by atoms with Crippen molar-refractivity contribution in [2.45, 2.75) is 12.8 Å². The van der Waals surface area contributed by atoms with Crippen LogP contribution < -0.4 is 14.4 Å². The van der Waals surface area contributed by atoms with Crippen LogP contribution in [0.25, 0.3) is 6.08 Å². The largest absolute Gasteiger partial charge is 0.496 e. The quantitative estimate of drug-likeness (QED) is 0.585. The van der Waals surface area contributed by atoms with Gasteiger partial charge in [0.2, 0.25) is 0 Å². The van der Waals surface area contributed by atoms with E-state index in [9.17, 15) is 9.59 Å². The molecule has 2 amide bonds. The van der Waals surface area contributed by atoms with Crippen molar-refractivity contribution in [1.29, 1.82) is 0 Å². The van der Waals surface area contributed by atoms with Gasteiger partial charge in [-0.05, 0) is 36.7 Å². The molecular weight excluding hydrogens is 352 g/mol. The molecule has 0 unspecified atom stereocenters. The molecule has 0 spiro atoms. The van der Waals surface area contributed by atoms with Gasteiger partial charge in [-0.2, -0.15) is 0 Å². The van der Waals surface area contributed by atoms with Crippen LogP contribution >= 0.6 is 11.8 Å². The Hall–Kier alpha value is -2.59. The lowest BCUT2D eigenvalue weighted by molar-refractivity contribution is -0.122. The highest BCUT2D eigenvalue weighted by Gasteiger charge is 2.34. The Morgan fingerprint density at radius 3 is 2.50 bits per heavy atom. The number of anilines is 1. The second kappa shape index (κ2) is 7.75. The van der Waals surface area contributed by atoms with Gasteiger partial charge in [0.05, 0.1) is 31.4 Å². The Bertz CT molecular complexity index is 806. The van der Waals surface area contributed by atoms with Gasteiger partial charge in [-0.25, -0.2) is 0 Å². The van der Waals surface area contributed by atoms with Gasteiger partial charge >= 0.3 is 0 Å². The van der Waals surface area contributed by atoms with Gasteiger partial charge in [-0.3, -0.25) is 14.5 Å². The predicted octanol–water partition coefficient (Wildman–Crippen LogP) is 2.97. The number of hydrogen-bond acceptors (Lipinski definition) is 6. The van der Waals surface area contributed by atoms with Crippen LogP contribution in [0.1, 0.15) is 18.4 Å². The van der Waals surface area contributed by atoms with Gasteiger partial charge in [0.25, 0.3) is 11.1 Å². The van der Waals surface area contributed by atoms with Gasteiger partial charge in [0.1, 0.15) is 11.5 Å². The van der Waals surface area contributed by atoms with Crippen LogP contribution in [0.3, 0.4) is 0 Å². The molecule has 1 aromatic rings. The topological polar surface area (TPSA) is 59.1 Å². The number of hydrogen-bond donors (Lipinski definition) is 0. The van der Waals surface area contributed by atoms with Crippen molar-refractivity contribution in [2.24, 2.45) is 0 Å². The minimum absolute atomic E-state index is 0.0314. The van der Waals surface area contributed by atoms with Gasteiger partial charge in [-0.15, -0.1) is 6.42 Å². The Labute approximate surface area is 157 Å². The number of carbonyl (C=O) groups is 2. The number of benzene rings is 1. The zero-order valence-electron chi connectivity index (χ0n) is 14.8. The molecule has 1 aromatic carbocycles. The summed E-state index contributed by atoms with van der Waals surface area (Å²) in [5, 5.41) is -0.362. The smallest absolute Gasteiger partial charge is 0.294 e. The molecule has 0 bridgehead atoms. The molecule has 6 nitrogen and oxygen atoms in total. The summed E-state index contributed by atoms with van der Waals surface area (Å²) in [6.07, 6.45) is 9.17. The molecule has 136 valence electrons. The van der Waals surface area contributed by atoms with Crippen molar-refractivity contribution in [2.75, 3.05) is 38.8 Å². The molecule has 2 fully saturated rings. The van der Waals surface area contributed by atoms with Crippen molar-refractivity contribution in [3.8, 4) is 23.8 Å². The third-order valence-corrected chi connectivity index (χ3v) is 5.29. The van der Waals surface area contributed by atoms with Crippen LogP contribution in [0, 0.1) is 12.3 Å². The molecule has 0 radical (unpaired) electrons. The van der Waals surface area contributed by atoms with E-state index in [2.05, 4.69) is 10.8 Å². The maximum atomic E-state index is 12.4. The van der Waals surface area contributed by atoms with Gasteiger partial charge in [-0.1, -0.05) is 5.92 Å². The lowest BCUT2D eigenvalue weighted by Gasteiger charge is -2.22. The molecule has 0 saturated carbocycles. The second-order valence-corrected chi connectivity index (χ2v) is 6.93. The van der Waals surface area contributed by atoms with Crippen molar-refractivity contribution in [1.82, 2.24) is 4.90 Å². The highest BCUT2D eigenvalue weighted by Crippen LogP contribution is 2.40. The fourth-order valence-corrected chi connectivity index (χ4v) is 3.92. The number of nitrogens with zero attached hydrogens (tertiary/aromatic N) is 2. The zero-order valence-corrected chi connectivity index (χ0v) is 15.6. The van der Waals surface area contributed by atoms with Crippen molar-refractivity contribution < 1.29 is 19.1 Å². The first kappa shape index (κ1) is 18.2. The molecule has 3 rings (SSSR count). The van der Waals surface area contributed by atoms with Crippen molar-refractivity contribution in [3.05, 3.63) is 22.6 Å². The van der Waals surface area contributed by atoms with Crippen molar-refractivity contribution >= 4 is 34.7 Å². The molecule has 2 heterocycles. The molecule has 0 atom stereocenters. The lowest BCUT2D eigenvalue weighted by Crippen LogP contribution is -2.28. The van der Waals surface area contributed by atoms with Gasteiger partial charge < -0.3 is 14.4 Å². The van der Waals surface area contributed by atoms with Gasteiger partial charge in [0.15, 0.2) is 0 Å². The number of terminal acetylenes is 1. The van der Waals surface area contributed by atoms with Crippen LogP contribution in [0.2, 0.25) is 0 Å². The Morgan fingerprint density at radius 2 is 1.88 bits per heavy atom. The average molecular weight is 372 g/mol. The molecule has 0 aromatic heterocycles. The number of thioether (sulfide) groups is 1. The minimum atomic E-state index is -0.386. The standard InChI is InChI=1S/C19H20N2O4S/c1-4-7-21-18(22)17(26-19(21)23)11-13-10-16(25-3)14(12-15(13)24-2)20-8-5-6-9-20/h1,10-12H,5-9H2,2-3H3/b17-11+. The summed E-state index contributed by atoms with van der Waals surface area (Å²) in [5.41, 5.74) is 1.65. The Balaban J connectivity index is 1.98. The molecular formula is C19H20N2O4S. The highest BCUT2D eigenvalue weighted by molar-refractivity contribution is 8.18. The van der Waals surface area contributed by atoms with E-state index in [1.807, 2.05) is 12.1 Å². The van der Waals surface area contributed by atoms with E-state index in [0.29, 0.717) is 22.0 Å². The van der Waals surface area contributed by atoms with E-state index >= 15 is 0 Å². The summed E-state index contributed by atoms with van der Waals surface area (Å²) in [6, 6.07) is 3.75. The molecule has 2 saturated heterocycles. The SMILES string of the molecule is C#CCN1C(=O)S/C(=C/c2cc(OC)c(N3CCCC3)cc2OC)C1=O. The van der Waals surface area contributed by atoms with Gasteiger partial charge in [0, 0.05) is 24.7 Å². The van der Waals surface area contributed by atoms with E-state index in [0.717, 1.165) is 48.3 Å². The maximum Gasteiger partial charge on any atom is 0.294 e. The molecule has 7 heteroatoms. The zero-order chi connectivity index (χ0) is 18.7. The minimum Gasteiger partial charge on any atom is -0.496 e. The summed E-state index contributed by atoms with van der Waals surface area (Å²) in [4.78, 5) is 28.0. The van der Waals surface area contributed by atoms with Crippen LogP contribution in [0.4, 0.5) is 10.5 Å². The summed E-state index contributed by atoms with van der Waals surface area (Å²) in [5.74, 6) is 3.27. The average Bonchev–Trinajstić information content (AvgIpc) is 3.26. The molecule has 26 heavy (non-hydrogen) atoms. The Morgan fingerprint density at radius 1 is 1.19 bits per heavy atom. The summed E-state index contributed by atoms with van der Waals surface area (Å²) >= 11 is 0.875. The van der Waals surface area contributed by atoms with Crippen LogP contribution in [-0.2, 0) is 4.79 Å². The summed E-state index contributed by atoms with van der Waals surface area (Å²) in [6.45, 7) is 1.92. The third-order valence-electron chi connectivity index (χ3n) is 4.39. The normalized spacial score (nSPS) is 18.6. The first-order valence-corrected chi connectivity index (χ1v) is 9.10. The number of carbonyl (C=O) groups excluding carboxylic acids is 2. The first-order valence-electron chi connectivity index (χ1n) is 8.29. The lowest BCUT2D eigenvalue weighted by atomic mass is 10.1. The van der Waals surface area contributed by atoms with Crippen LogP contribution in [0.15, 0.2) is 17.0 Å². The maximum absolute atomic E-state index is 12.4. The Kier molecular flexibility index (Phi) is 5.43. The third kappa shape index (κ3) is 3.37. The predicted molar refractivity (Wildman–Crippen MR) is 103 cm³/mol. The molecule has 2 aliphatic rings. The van der Waals surface area contributed by atoms with Crippen LogP contribution in [-0.4, -0.2) is 49.9 Å². The first-order chi connectivity index (χ1) is 12.6. The highest BCUT2D eigenvalue weighted by atomic mass is 32.2. The fourth-order valence-electron chi connectivity index (χ4n) is 3.09. The van der Waals surface area contributed by atoms with E-state index < -0.39 is 0 Å². The monoisotopic (exact) mass is 372 g/mol.